The lowest BCUT2D eigenvalue weighted by Crippen LogP contribution is -2.33. The number of halogens is 1. The van der Waals surface area contributed by atoms with Crippen LogP contribution in [-0.4, -0.2) is 0 Å². The van der Waals surface area contributed by atoms with Crippen LogP contribution in [0.3, 0.4) is 0 Å². The van der Waals surface area contributed by atoms with Crippen molar-refractivity contribution in [1.29, 1.82) is 0 Å². The highest BCUT2D eigenvalue weighted by atomic mass is 35.5. The summed E-state index contributed by atoms with van der Waals surface area (Å²) in [4.78, 5) is 0. The maximum atomic E-state index is 6.48. The zero-order valence-corrected chi connectivity index (χ0v) is 9.76. The number of rotatable bonds is 1. The van der Waals surface area contributed by atoms with E-state index in [0.29, 0.717) is 0 Å². The number of furan rings is 1. The Kier molecular flexibility index (Phi) is 2.23. The monoisotopic (exact) mass is 235 g/mol. The molecule has 16 heavy (non-hydrogen) atoms. The Morgan fingerprint density at radius 3 is 2.69 bits per heavy atom. The molecule has 1 aromatic carbocycles. The highest BCUT2D eigenvalue weighted by molar-refractivity contribution is 6.32. The van der Waals surface area contributed by atoms with E-state index < -0.39 is 0 Å². The largest absolute Gasteiger partial charge is 0.464 e. The minimum atomic E-state index is -0.263. The molecule has 1 aliphatic rings. The molecule has 2 aromatic rings. The molecule has 1 heterocycles. The third-order valence-electron chi connectivity index (χ3n) is 3.58. The zero-order chi connectivity index (χ0) is 11.2. The van der Waals surface area contributed by atoms with Gasteiger partial charge in [-0.3, -0.25) is 0 Å². The van der Waals surface area contributed by atoms with Crippen molar-refractivity contribution in [2.75, 3.05) is 0 Å². The molecule has 0 atom stereocenters. The van der Waals surface area contributed by atoms with Gasteiger partial charge in [-0.1, -0.05) is 24.4 Å². The molecule has 0 aliphatic heterocycles. The Bertz CT molecular complexity index is 526. The van der Waals surface area contributed by atoms with Crippen molar-refractivity contribution < 1.29 is 4.42 Å². The molecule has 1 fully saturated rings. The van der Waals surface area contributed by atoms with E-state index in [9.17, 15) is 0 Å². The topological polar surface area (TPSA) is 39.2 Å². The number of nitrogens with two attached hydrogens (primary N) is 1. The summed E-state index contributed by atoms with van der Waals surface area (Å²) < 4.78 is 5.40. The van der Waals surface area contributed by atoms with Gasteiger partial charge in [-0.05, 0) is 31.0 Å². The van der Waals surface area contributed by atoms with Crippen LogP contribution in [0.25, 0.3) is 11.0 Å². The van der Waals surface area contributed by atoms with E-state index in [0.717, 1.165) is 34.4 Å². The second kappa shape index (κ2) is 3.51. The van der Waals surface area contributed by atoms with Gasteiger partial charge in [0.25, 0.3) is 0 Å². The molecule has 1 saturated carbocycles. The highest BCUT2D eigenvalue weighted by Crippen LogP contribution is 2.43. The molecule has 0 radical (unpaired) electrons. The van der Waals surface area contributed by atoms with Gasteiger partial charge in [0.2, 0.25) is 0 Å². The second-order valence-electron chi connectivity index (χ2n) is 4.62. The fraction of sp³-hybridized carbons (Fsp3) is 0.385. The van der Waals surface area contributed by atoms with Gasteiger partial charge in [0.05, 0.1) is 6.26 Å². The van der Waals surface area contributed by atoms with Crippen molar-refractivity contribution in [3.63, 3.8) is 0 Å². The quantitative estimate of drug-likeness (QED) is 0.816. The number of hydrogen-bond acceptors (Lipinski definition) is 2. The summed E-state index contributed by atoms with van der Waals surface area (Å²) in [6, 6.07) is 5.75. The molecule has 0 unspecified atom stereocenters. The van der Waals surface area contributed by atoms with Gasteiger partial charge in [0.15, 0.2) is 0 Å². The van der Waals surface area contributed by atoms with Crippen LogP contribution in [0.5, 0.6) is 0 Å². The van der Waals surface area contributed by atoms with Crippen molar-refractivity contribution in [1.82, 2.24) is 0 Å². The van der Waals surface area contributed by atoms with Crippen LogP contribution in [0.2, 0.25) is 5.02 Å². The molecule has 84 valence electrons. The first-order valence-electron chi connectivity index (χ1n) is 5.66. The lowest BCUT2D eigenvalue weighted by Gasteiger charge is -2.26. The molecule has 0 bridgehead atoms. The smallest absolute Gasteiger partial charge is 0.134 e. The predicted octanol–water partition coefficient (Wildman–Crippen LogP) is 3.81. The van der Waals surface area contributed by atoms with Crippen LogP contribution in [0.15, 0.2) is 28.9 Å². The van der Waals surface area contributed by atoms with Crippen LogP contribution < -0.4 is 5.73 Å². The maximum Gasteiger partial charge on any atom is 0.134 e. The Morgan fingerprint density at radius 2 is 1.94 bits per heavy atom. The summed E-state index contributed by atoms with van der Waals surface area (Å²) in [5.41, 5.74) is 8.16. The van der Waals surface area contributed by atoms with Gasteiger partial charge >= 0.3 is 0 Å². The lowest BCUT2D eigenvalue weighted by molar-refractivity contribution is 0.466. The van der Waals surface area contributed by atoms with Crippen LogP contribution >= 0.6 is 11.6 Å². The fourth-order valence-electron chi connectivity index (χ4n) is 2.78. The van der Waals surface area contributed by atoms with E-state index in [-0.39, 0.29) is 5.54 Å². The number of benzene rings is 1. The van der Waals surface area contributed by atoms with Crippen molar-refractivity contribution in [3.8, 4) is 0 Å². The van der Waals surface area contributed by atoms with E-state index in [1.54, 1.807) is 6.26 Å². The van der Waals surface area contributed by atoms with Crippen LogP contribution in [-0.2, 0) is 5.54 Å². The van der Waals surface area contributed by atoms with E-state index in [2.05, 4.69) is 0 Å². The molecule has 0 saturated heterocycles. The van der Waals surface area contributed by atoms with Crippen LogP contribution in [0.4, 0.5) is 0 Å². The average Bonchev–Trinajstić information content (AvgIpc) is 2.86. The number of hydrogen-bond donors (Lipinski definition) is 1. The Labute approximate surface area is 99.4 Å². The molecular formula is C13H14ClNO. The molecule has 3 rings (SSSR count). The van der Waals surface area contributed by atoms with E-state index in [4.69, 9.17) is 21.8 Å². The summed E-state index contributed by atoms with van der Waals surface area (Å²) >= 11 is 6.31. The standard InChI is InChI=1S/C13H14ClNO/c14-10-3-4-11-9(5-8-16-11)12(10)13(15)6-1-2-7-13/h3-5,8H,1-2,6-7,15H2. The van der Waals surface area contributed by atoms with Gasteiger partial charge in [-0.2, -0.15) is 0 Å². The van der Waals surface area contributed by atoms with Crippen molar-refractivity contribution in [3.05, 3.63) is 35.0 Å². The van der Waals surface area contributed by atoms with Gasteiger partial charge in [0.1, 0.15) is 5.58 Å². The molecule has 0 amide bonds. The molecule has 0 spiro atoms. The molecule has 2 nitrogen and oxygen atoms in total. The Hall–Kier alpha value is -0.990. The molecular weight excluding hydrogens is 222 g/mol. The van der Waals surface area contributed by atoms with Gasteiger partial charge < -0.3 is 10.2 Å². The third-order valence-corrected chi connectivity index (χ3v) is 3.89. The van der Waals surface area contributed by atoms with E-state index in [1.807, 2.05) is 18.2 Å². The first-order valence-corrected chi connectivity index (χ1v) is 6.04. The minimum absolute atomic E-state index is 0.263. The van der Waals surface area contributed by atoms with Crippen molar-refractivity contribution >= 4 is 22.6 Å². The minimum Gasteiger partial charge on any atom is -0.464 e. The SMILES string of the molecule is NC1(c2c(Cl)ccc3occc23)CCCC1. The average molecular weight is 236 g/mol. The maximum absolute atomic E-state index is 6.48. The van der Waals surface area contributed by atoms with Crippen LogP contribution in [0, 0.1) is 0 Å². The third kappa shape index (κ3) is 1.37. The first-order chi connectivity index (χ1) is 7.71. The van der Waals surface area contributed by atoms with E-state index >= 15 is 0 Å². The van der Waals surface area contributed by atoms with Gasteiger partial charge in [0, 0.05) is 21.5 Å². The first kappa shape index (κ1) is 10.2. The van der Waals surface area contributed by atoms with Gasteiger partial charge in [-0.25, -0.2) is 0 Å². The predicted molar refractivity (Wildman–Crippen MR) is 65.6 cm³/mol. The molecule has 1 aliphatic carbocycles. The Morgan fingerprint density at radius 1 is 1.19 bits per heavy atom. The van der Waals surface area contributed by atoms with Gasteiger partial charge in [-0.15, -0.1) is 0 Å². The van der Waals surface area contributed by atoms with Crippen molar-refractivity contribution in [2.45, 2.75) is 31.2 Å². The van der Waals surface area contributed by atoms with Crippen molar-refractivity contribution in [2.24, 2.45) is 5.73 Å². The Balaban J connectivity index is 2.28. The number of fused-ring (bicyclic) bond motifs is 1. The lowest BCUT2D eigenvalue weighted by atomic mass is 9.87. The summed E-state index contributed by atoms with van der Waals surface area (Å²) in [5.74, 6) is 0. The normalized spacial score (nSPS) is 19.4. The summed E-state index contributed by atoms with van der Waals surface area (Å²) in [7, 11) is 0. The van der Waals surface area contributed by atoms with Crippen LogP contribution in [0.1, 0.15) is 31.2 Å². The fourth-order valence-corrected chi connectivity index (χ4v) is 3.13. The second-order valence-corrected chi connectivity index (χ2v) is 5.03. The summed E-state index contributed by atoms with van der Waals surface area (Å²) in [6.07, 6.45) is 6.08. The van der Waals surface area contributed by atoms with E-state index in [1.165, 1.54) is 12.8 Å². The molecule has 1 aromatic heterocycles. The molecule has 2 N–H and O–H groups in total. The molecule has 3 heteroatoms. The highest BCUT2D eigenvalue weighted by Gasteiger charge is 2.34. The summed E-state index contributed by atoms with van der Waals surface area (Å²) in [6.45, 7) is 0. The summed E-state index contributed by atoms with van der Waals surface area (Å²) in [5, 5.41) is 1.83. The zero-order valence-electron chi connectivity index (χ0n) is 9.00.